The summed E-state index contributed by atoms with van der Waals surface area (Å²) in [5.41, 5.74) is 0.742. The van der Waals surface area contributed by atoms with Crippen molar-refractivity contribution in [3.8, 4) is 0 Å². The maximum atomic E-state index is 11.8. The summed E-state index contributed by atoms with van der Waals surface area (Å²) >= 11 is 3.39. The second kappa shape index (κ2) is 5.05. The van der Waals surface area contributed by atoms with Gasteiger partial charge in [-0.05, 0) is 16.5 Å². The van der Waals surface area contributed by atoms with Gasteiger partial charge in [-0.2, -0.15) is 0 Å². The Morgan fingerprint density at radius 1 is 1.47 bits per heavy atom. The number of halogens is 1. The number of rotatable bonds is 3. The zero-order valence-electron chi connectivity index (χ0n) is 8.95. The number of carbonyl (C=O) groups is 1. The van der Waals surface area contributed by atoms with Gasteiger partial charge in [0.05, 0.1) is 7.11 Å². The SMILES string of the molecule is COC(=O)C(c1ccccc1Br)n1cnnn1. The minimum atomic E-state index is -0.689. The molecule has 1 atom stereocenters. The van der Waals surface area contributed by atoms with E-state index >= 15 is 0 Å². The van der Waals surface area contributed by atoms with Crippen LogP contribution in [-0.4, -0.2) is 33.3 Å². The molecule has 0 radical (unpaired) electrons. The van der Waals surface area contributed by atoms with E-state index in [1.54, 1.807) is 0 Å². The van der Waals surface area contributed by atoms with Crippen LogP contribution in [0.5, 0.6) is 0 Å². The Labute approximate surface area is 106 Å². The topological polar surface area (TPSA) is 69.9 Å². The number of hydrogen-bond donors (Lipinski definition) is 0. The van der Waals surface area contributed by atoms with Gasteiger partial charge < -0.3 is 4.74 Å². The molecule has 88 valence electrons. The molecule has 0 saturated heterocycles. The Balaban J connectivity index is 2.48. The lowest BCUT2D eigenvalue weighted by Crippen LogP contribution is -2.23. The minimum absolute atomic E-state index is 0.427. The van der Waals surface area contributed by atoms with Crippen molar-refractivity contribution in [1.29, 1.82) is 0 Å². The zero-order chi connectivity index (χ0) is 12.3. The number of aromatic nitrogens is 4. The van der Waals surface area contributed by atoms with E-state index in [9.17, 15) is 4.79 Å². The molecular formula is C10H9BrN4O2. The summed E-state index contributed by atoms with van der Waals surface area (Å²) in [6, 6.07) is 6.66. The highest BCUT2D eigenvalue weighted by atomic mass is 79.9. The molecule has 1 aromatic carbocycles. The third kappa shape index (κ3) is 2.33. The standard InChI is InChI=1S/C10H9BrN4O2/c1-17-10(16)9(15-6-12-13-14-15)7-4-2-3-5-8(7)11/h2-6,9H,1H3. The van der Waals surface area contributed by atoms with Crippen LogP contribution in [0.4, 0.5) is 0 Å². The third-order valence-electron chi connectivity index (χ3n) is 2.25. The molecule has 0 aliphatic rings. The molecule has 0 amide bonds. The largest absolute Gasteiger partial charge is 0.467 e. The summed E-state index contributed by atoms with van der Waals surface area (Å²) in [6.45, 7) is 0. The van der Waals surface area contributed by atoms with E-state index < -0.39 is 12.0 Å². The van der Waals surface area contributed by atoms with Gasteiger partial charge in [-0.1, -0.05) is 34.1 Å². The third-order valence-corrected chi connectivity index (χ3v) is 2.98. The predicted octanol–water partition coefficient (Wildman–Crippen LogP) is 1.20. The number of ether oxygens (including phenoxy) is 1. The van der Waals surface area contributed by atoms with Gasteiger partial charge in [0.2, 0.25) is 0 Å². The zero-order valence-corrected chi connectivity index (χ0v) is 10.5. The number of tetrazole rings is 1. The maximum absolute atomic E-state index is 11.8. The number of benzene rings is 1. The molecule has 0 N–H and O–H groups in total. The fraction of sp³-hybridized carbons (Fsp3) is 0.200. The van der Waals surface area contributed by atoms with Crippen LogP contribution in [0.2, 0.25) is 0 Å². The number of esters is 1. The van der Waals surface area contributed by atoms with Crippen molar-refractivity contribution in [2.45, 2.75) is 6.04 Å². The smallest absolute Gasteiger partial charge is 0.335 e. The summed E-state index contributed by atoms with van der Waals surface area (Å²) in [7, 11) is 1.33. The molecule has 0 spiro atoms. The molecule has 2 rings (SSSR count). The van der Waals surface area contributed by atoms with E-state index in [-0.39, 0.29) is 0 Å². The lowest BCUT2D eigenvalue weighted by Gasteiger charge is -2.15. The van der Waals surface area contributed by atoms with Gasteiger partial charge in [-0.25, -0.2) is 9.48 Å². The van der Waals surface area contributed by atoms with Crippen molar-refractivity contribution in [2.75, 3.05) is 7.11 Å². The van der Waals surface area contributed by atoms with Gasteiger partial charge in [0, 0.05) is 10.0 Å². The summed E-state index contributed by atoms with van der Waals surface area (Å²) in [4.78, 5) is 11.8. The second-order valence-electron chi connectivity index (χ2n) is 3.24. The van der Waals surface area contributed by atoms with Crippen LogP contribution in [0.25, 0.3) is 0 Å². The monoisotopic (exact) mass is 296 g/mol. The average molecular weight is 297 g/mol. The lowest BCUT2D eigenvalue weighted by molar-refractivity contribution is -0.143. The van der Waals surface area contributed by atoms with E-state index in [4.69, 9.17) is 4.74 Å². The van der Waals surface area contributed by atoms with Gasteiger partial charge in [0.1, 0.15) is 6.33 Å². The first-order chi connectivity index (χ1) is 8.24. The van der Waals surface area contributed by atoms with Crippen LogP contribution in [0.1, 0.15) is 11.6 Å². The van der Waals surface area contributed by atoms with Gasteiger partial charge >= 0.3 is 5.97 Å². The van der Waals surface area contributed by atoms with Gasteiger partial charge in [0.15, 0.2) is 6.04 Å². The molecule has 0 saturated carbocycles. The highest BCUT2D eigenvalue weighted by Gasteiger charge is 2.26. The Morgan fingerprint density at radius 3 is 2.82 bits per heavy atom. The molecule has 1 heterocycles. The van der Waals surface area contributed by atoms with Crippen LogP contribution in [0, 0.1) is 0 Å². The van der Waals surface area contributed by atoms with Gasteiger partial charge in [-0.15, -0.1) is 5.10 Å². The Bertz CT molecular complexity index is 515. The molecule has 0 bridgehead atoms. The number of hydrogen-bond acceptors (Lipinski definition) is 5. The predicted molar refractivity (Wildman–Crippen MR) is 62.1 cm³/mol. The van der Waals surface area contributed by atoms with Crippen LogP contribution >= 0.6 is 15.9 Å². The first-order valence-corrected chi connectivity index (χ1v) is 5.58. The molecule has 1 unspecified atom stereocenters. The molecule has 0 aliphatic heterocycles. The Hall–Kier alpha value is -1.76. The first-order valence-electron chi connectivity index (χ1n) is 4.78. The van der Waals surface area contributed by atoms with Crippen LogP contribution in [0.3, 0.4) is 0 Å². The quantitative estimate of drug-likeness (QED) is 0.796. The molecule has 7 heteroatoms. The Morgan fingerprint density at radius 2 is 2.24 bits per heavy atom. The molecule has 0 aliphatic carbocycles. The van der Waals surface area contributed by atoms with Crippen LogP contribution in [-0.2, 0) is 9.53 Å². The van der Waals surface area contributed by atoms with E-state index in [1.807, 2.05) is 24.3 Å². The Kier molecular flexibility index (Phi) is 3.48. The lowest BCUT2D eigenvalue weighted by atomic mass is 10.1. The van der Waals surface area contributed by atoms with E-state index in [1.165, 1.54) is 18.1 Å². The van der Waals surface area contributed by atoms with Crippen LogP contribution < -0.4 is 0 Å². The summed E-state index contributed by atoms with van der Waals surface area (Å²) in [5.74, 6) is -0.427. The number of methoxy groups -OCH3 is 1. The minimum Gasteiger partial charge on any atom is -0.467 e. The van der Waals surface area contributed by atoms with Crippen LogP contribution in [0.15, 0.2) is 35.1 Å². The summed E-state index contributed by atoms with van der Waals surface area (Å²) in [6.07, 6.45) is 1.38. The molecular weight excluding hydrogens is 288 g/mol. The normalized spacial score (nSPS) is 12.1. The highest BCUT2D eigenvalue weighted by Crippen LogP contribution is 2.26. The fourth-order valence-electron chi connectivity index (χ4n) is 1.47. The summed E-state index contributed by atoms with van der Waals surface area (Å²) in [5, 5.41) is 10.8. The molecule has 0 fully saturated rings. The van der Waals surface area contributed by atoms with Crippen molar-refractivity contribution in [3.63, 3.8) is 0 Å². The van der Waals surface area contributed by atoms with Crippen molar-refractivity contribution in [2.24, 2.45) is 0 Å². The maximum Gasteiger partial charge on any atom is 0.335 e. The van der Waals surface area contributed by atoms with E-state index in [0.717, 1.165) is 10.0 Å². The second-order valence-corrected chi connectivity index (χ2v) is 4.09. The van der Waals surface area contributed by atoms with Gasteiger partial charge in [-0.3, -0.25) is 0 Å². The van der Waals surface area contributed by atoms with Gasteiger partial charge in [0.25, 0.3) is 0 Å². The molecule has 17 heavy (non-hydrogen) atoms. The van der Waals surface area contributed by atoms with Crippen molar-refractivity contribution in [1.82, 2.24) is 20.2 Å². The molecule has 1 aromatic heterocycles. The first kappa shape index (κ1) is 11.7. The van der Waals surface area contributed by atoms with Crippen molar-refractivity contribution in [3.05, 3.63) is 40.6 Å². The highest BCUT2D eigenvalue weighted by molar-refractivity contribution is 9.10. The van der Waals surface area contributed by atoms with E-state index in [0.29, 0.717) is 0 Å². The molecule has 6 nitrogen and oxygen atoms in total. The van der Waals surface area contributed by atoms with Crippen molar-refractivity contribution < 1.29 is 9.53 Å². The average Bonchev–Trinajstić information content (AvgIpc) is 2.85. The summed E-state index contributed by atoms with van der Waals surface area (Å²) < 4.78 is 6.92. The van der Waals surface area contributed by atoms with E-state index in [2.05, 4.69) is 31.5 Å². The number of carbonyl (C=O) groups excluding carboxylic acids is 1. The molecule has 2 aromatic rings. The number of nitrogens with zero attached hydrogens (tertiary/aromatic N) is 4. The fourth-order valence-corrected chi connectivity index (χ4v) is 1.97. The van der Waals surface area contributed by atoms with Crippen molar-refractivity contribution >= 4 is 21.9 Å².